The molecule has 120 valence electrons. The van der Waals surface area contributed by atoms with E-state index in [0.29, 0.717) is 0 Å². The van der Waals surface area contributed by atoms with Gasteiger partial charge in [0.05, 0.1) is 0 Å². The molecule has 0 spiro atoms. The quantitative estimate of drug-likeness (QED) is 0.489. The van der Waals surface area contributed by atoms with E-state index >= 15 is 0 Å². The summed E-state index contributed by atoms with van der Waals surface area (Å²) in [6, 6.07) is 6.72. The predicted octanol–water partition coefficient (Wildman–Crippen LogP) is 5.84. The van der Waals surface area contributed by atoms with E-state index in [-0.39, 0.29) is 5.75 Å². The molecular formula is C17H27F2NO. The molecule has 1 aromatic rings. The number of rotatable bonds is 12. The summed E-state index contributed by atoms with van der Waals surface area (Å²) in [5.41, 5.74) is 0.830. The zero-order chi connectivity index (χ0) is 15.3. The van der Waals surface area contributed by atoms with E-state index < -0.39 is 6.61 Å². The molecule has 0 aliphatic carbocycles. The molecule has 4 heteroatoms. The van der Waals surface area contributed by atoms with Gasteiger partial charge >= 0.3 is 6.61 Å². The Morgan fingerprint density at radius 2 is 1.67 bits per heavy atom. The summed E-state index contributed by atoms with van der Waals surface area (Å²) in [4.78, 5) is 0. The van der Waals surface area contributed by atoms with Gasteiger partial charge in [-0.05, 0) is 18.6 Å². The van der Waals surface area contributed by atoms with Gasteiger partial charge < -0.3 is 10.1 Å². The van der Waals surface area contributed by atoms with Crippen LogP contribution in [0.4, 0.5) is 14.5 Å². The van der Waals surface area contributed by atoms with Crippen LogP contribution in [0.15, 0.2) is 24.3 Å². The highest BCUT2D eigenvalue weighted by molar-refractivity contribution is 5.48. The average molecular weight is 299 g/mol. The van der Waals surface area contributed by atoms with Crippen molar-refractivity contribution in [3.05, 3.63) is 24.3 Å². The van der Waals surface area contributed by atoms with Gasteiger partial charge in [-0.25, -0.2) is 0 Å². The van der Waals surface area contributed by atoms with Crippen LogP contribution in [0, 0.1) is 0 Å². The van der Waals surface area contributed by atoms with Gasteiger partial charge in [0.25, 0.3) is 0 Å². The summed E-state index contributed by atoms with van der Waals surface area (Å²) in [6.07, 6.45) is 10.2. The molecule has 1 rings (SSSR count). The lowest BCUT2D eigenvalue weighted by atomic mass is 10.1. The van der Waals surface area contributed by atoms with Crippen molar-refractivity contribution < 1.29 is 13.5 Å². The van der Waals surface area contributed by atoms with Crippen molar-refractivity contribution in [2.24, 2.45) is 0 Å². The van der Waals surface area contributed by atoms with E-state index in [2.05, 4.69) is 17.0 Å². The first-order valence-electron chi connectivity index (χ1n) is 8.01. The monoisotopic (exact) mass is 299 g/mol. The molecule has 2 nitrogen and oxygen atoms in total. The Balaban J connectivity index is 2.07. The smallest absolute Gasteiger partial charge is 0.387 e. The zero-order valence-corrected chi connectivity index (χ0v) is 12.9. The van der Waals surface area contributed by atoms with Gasteiger partial charge in [-0.2, -0.15) is 8.78 Å². The number of alkyl halides is 2. The Hall–Kier alpha value is -1.32. The third-order valence-corrected chi connectivity index (χ3v) is 3.42. The highest BCUT2D eigenvalue weighted by Crippen LogP contribution is 2.19. The number of unbranched alkanes of at least 4 members (excludes halogenated alkanes) is 7. The molecule has 0 radical (unpaired) electrons. The van der Waals surface area contributed by atoms with Crippen LogP contribution in [0.2, 0.25) is 0 Å². The predicted molar refractivity (Wildman–Crippen MR) is 84.2 cm³/mol. The fraction of sp³-hybridized carbons (Fsp3) is 0.647. The fourth-order valence-electron chi connectivity index (χ4n) is 2.27. The average Bonchev–Trinajstić information content (AvgIpc) is 2.45. The fourth-order valence-corrected chi connectivity index (χ4v) is 2.27. The zero-order valence-electron chi connectivity index (χ0n) is 12.9. The molecule has 0 heterocycles. The number of benzene rings is 1. The normalized spacial score (nSPS) is 10.9. The van der Waals surface area contributed by atoms with Crippen molar-refractivity contribution in [2.75, 3.05) is 11.9 Å². The third-order valence-electron chi connectivity index (χ3n) is 3.42. The van der Waals surface area contributed by atoms with E-state index in [4.69, 9.17) is 0 Å². The van der Waals surface area contributed by atoms with Crippen molar-refractivity contribution in [3.8, 4) is 5.75 Å². The highest BCUT2D eigenvalue weighted by atomic mass is 19.3. The van der Waals surface area contributed by atoms with Gasteiger partial charge in [0, 0.05) is 18.3 Å². The molecule has 0 aliphatic heterocycles. The van der Waals surface area contributed by atoms with E-state index in [1.54, 1.807) is 12.1 Å². The first kappa shape index (κ1) is 17.7. The van der Waals surface area contributed by atoms with Crippen LogP contribution >= 0.6 is 0 Å². The first-order valence-corrected chi connectivity index (χ1v) is 8.01. The first-order chi connectivity index (χ1) is 10.2. The Labute approximate surface area is 126 Å². The van der Waals surface area contributed by atoms with Crippen LogP contribution in [0.1, 0.15) is 58.3 Å². The maximum Gasteiger partial charge on any atom is 0.387 e. The second-order valence-corrected chi connectivity index (χ2v) is 5.31. The van der Waals surface area contributed by atoms with Crippen molar-refractivity contribution in [1.29, 1.82) is 0 Å². The number of hydrogen-bond donors (Lipinski definition) is 1. The van der Waals surface area contributed by atoms with Crippen molar-refractivity contribution >= 4 is 5.69 Å². The Kier molecular flexibility index (Phi) is 9.58. The molecule has 0 amide bonds. The number of nitrogens with one attached hydrogen (secondary N) is 1. The number of halogens is 2. The molecule has 0 atom stereocenters. The molecule has 1 aromatic carbocycles. The maximum absolute atomic E-state index is 12.1. The topological polar surface area (TPSA) is 21.3 Å². The number of hydrogen-bond acceptors (Lipinski definition) is 2. The summed E-state index contributed by atoms with van der Waals surface area (Å²) in [5.74, 6) is 0.200. The molecule has 21 heavy (non-hydrogen) atoms. The minimum atomic E-state index is -2.77. The van der Waals surface area contributed by atoms with Crippen molar-refractivity contribution in [2.45, 2.75) is 64.9 Å². The summed E-state index contributed by atoms with van der Waals surface area (Å²) < 4.78 is 28.6. The van der Waals surface area contributed by atoms with E-state index in [1.165, 1.54) is 51.0 Å². The molecular weight excluding hydrogens is 272 g/mol. The molecule has 0 bridgehead atoms. The molecule has 0 saturated carbocycles. The summed E-state index contributed by atoms with van der Waals surface area (Å²) in [6.45, 7) is 0.327. The lowest BCUT2D eigenvalue weighted by molar-refractivity contribution is -0.0498. The van der Waals surface area contributed by atoms with Crippen molar-refractivity contribution in [1.82, 2.24) is 0 Å². The largest absolute Gasteiger partial charge is 0.435 e. The standard InChI is InChI=1S/C17H27F2NO/c1-2-3-4-5-6-7-8-9-13-20-15-11-10-12-16(14-15)21-17(18)19/h10-12,14,17,20H,2-9,13H2,1H3. The maximum atomic E-state index is 12.1. The van der Waals surface area contributed by atoms with Crippen LogP contribution in [-0.2, 0) is 0 Å². The highest BCUT2D eigenvalue weighted by Gasteiger charge is 2.04. The van der Waals surface area contributed by atoms with E-state index in [0.717, 1.165) is 18.7 Å². The molecule has 0 fully saturated rings. The Morgan fingerprint density at radius 3 is 2.33 bits per heavy atom. The lowest BCUT2D eigenvalue weighted by Gasteiger charge is -2.09. The SMILES string of the molecule is CCCCCCCCCCNc1cccc(OC(F)F)c1. The van der Waals surface area contributed by atoms with Crippen LogP contribution in [0.3, 0.4) is 0 Å². The van der Waals surface area contributed by atoms with Crippen LogP contribution in [-0.4, -0.2) is 13.2 Å². The molecule has 0 saturated heterocycles. The minimum absolute atomic E-state index is 0.200. The van der Waals surface area contributed by atoms with Crippen molar-refractivity contribution in [3.63, 3.8) is 0 Å². The van der Waals surface area contributed by atoms with Gasteiger partial charge in [-0.3, -0.25) is 0 Å². The number of ether oxygens (including phenoxy) is 1. The summed E-state index contributed by atoms with van der Waals surface area (Å²) in [5, 5.41) is 3.24. The summed E-state index contributed by atoms with van der Waals surface area (Å²) in [7, 11) is 0. The van der Waals surface area contributed by atoms with Gasteiger partial charge in [0.2, 0.25) is 0 Å². The lowest BCUT2D eigenvalue weighted by Crippen LogP contribution is -2.04. The Bertz CT molecular complexity index is 372. The van der Waals surface area contributed by atoms with Gasteiger partial charge in [-0.15, -0.1) is 0 Å². The van der Waals surface area contributed by atoms with Gasteiger partial charge in [0.1, 0.15) is 5.75 Å². The van der Waals surface area contributed by atoms with E-state index in [1.807, 2.05) is 6.07 Å². The molecule has 1 N–H and O–H groups in total. The van der Waals surface area contributed by atoms with Crippen LogP contribution in [0.25, 0.3) is 0 Å². The van der Waals surface area contributed by atoms with Gasteiger partial charge in [0.15, 0.2) is 0 Å². The molecule has 0 aromatic heterocycles. The third kappa shape index (κ3) is 9.27. The second-order valence-electron chi connectivity index (χ2n) is 5.31. The Morgan fingerprint density at radius 1 is 1.00 bits per heavy atom. The van der Waals surface area contributed by atoms with Crippen LogP contribution in [0.5, 0.6) is 5.75 Å². The van der Waals surface area contributed by atoms with E-state index in [9.17, 15) is 8.78 Å². The minimum Gasteiger partial charge on any atom is -0.435 e. The second kappa shape index (κ2) is 11.4. The van der Waals surface area contributed by atoms with Gasteiger partial charge in [-0.1, -0.05) is 57.9 Å². The number of anilines is 1. The van der Waals surface area contributed by atoms with Crippen LogP contribution < -0.4 is 10.1 Å². The molecule has 0 unspecified atom stereocenters. The molecule has 0 aliphatic rings. The summed E-state index contributed by atoms with van der Waals surface area (Å²) >= 11 is 0.